The van der Waals surface area contributed by atoms with Gasteiger partial charge in [0.2, 0.25) is 0 Å². The number of likely N-dealkylation sites (tertiary alicyclic amines) is 2. The highest BCUT2D eigenvalue weighted by Crippen LogP contribution is 2.25. The average Bonchev–Trinajstić information content (AvgIpc) is 3.19. The molecule has 4 rings (SSSR count). The van der Waals surface area contributed by atoms with Gasteiger partial charge in [-0.05, 0) is 55.7 Å². The summed E-state index contributed by atoms with van der Waals surface area (Å²) in [5.74, 6) is 1.80. The van der Waals surface area contributed by atoms with Gasteiger partial charge in [-0.25, -0.2) is 0 Å². The number of hydrogen-bond acceptors (Lipinski definition) is 5. The summed E-state index contributed by atoms with van der Waals surface area (Å²) in [6.45, 7) is 4.68. The van der Waals surface area contributed by atoms with E-state index in [4.69, 9.17) is 20.8 Å². The molecule has 0 saturated carbocycles. The van der Waals surface area contributed by atoms with Crippen LogP contribution in [0.25, 0.3) is 0 Å². The topological polar surface area (TPSA) is 49.1 Å². The summed E-state index contributed by atoms with van der Waals surface area (Å²) in [6, 6.07) is 11.9. The largest absolute Gasteiger partial charge is 0.488 e. The van der Waals surface area contributed by atoms with Crippen LogP contribution in [0.4, 0.5) is 0 Å². The minimum Gasteiger partial charge on any atom is -0.488 e. The molecule has 0 radical (unpaired) electrons. The van der Waals surface area contributed by atoms with Crippen molar-refractivity contribution in [1.29, 1.82) is 0 Å². The fourth-order valence-corrected chi connectivity index (χ4v) is 4.28. The molecule has 0 spiro atoms. The van der Waals surface area contributed by atoms with E-state index in [0.29, 0.717) is 17.6 Å². The van der Waals surface area contributed by atoms with Crippen molar-refractivity contribution in [2.75, 3.05) is 26.2 Å². The highest BCUT2D eigenvalue weighted by Gasteiger charge is 2.34. The lowest BCUT2D eigenvalue weighted by Gasteiger charge is -2.43. The molecule has 0 unspecified atom stereocenters. The van der Waals surface area contributed by atoms with Crippen LogP contribution in [-0.2, 0) is 6.54 Å². The summed E-state index contributed by atoms with van der Waals surface area (Å²) < 4.78 is 11.4. The Kier molecular flexibility index (Phi) is 6.03. The maximum atomic E-state index is 10.6. The second-order valence-electron chi connectivity index (χ2n) is 7.55. The van der Waals surface area contributed by atoms with E-state index < -0.39 is 6.10 Å². The molecule has 2 fully saturated rings. The van der Waals surface area contributed by atoms with Gasteiger partial charge in [0.15, 0.2) is 0 Å². The molecule has 2 atom stereocenters. The number of hydrogen-bond donors (Lipinski definition) is 1. The standard InChI is InChI=1S/C21H27ClN2O3/c22-16-3-5-18(6-4-16)27-21-9-12-24(15-20(21)25)17-7-10-23(11-8-17)14-19-2-1-13-26-19/h1-6,13,17,20-21,25H,7-12,14-15H2/t20-,21-/m1/s1. The number of piperidine rings is 2. The number of aliphatic hydroxyl groups is 1. The third kappa shape index (κ3) is 4.85. The van der Waals surface area contributed by atoms with E-state index in [9.17, 15) is 5.11 Å². The molecule has 2 aromatic rings. The molecule has 0 aliphatic carbocycles. The van der Waals surface area contributed by atoms with Gasteiger partial charge in [0, 0.05) is 37.2 Å². The first-order valence-corrected chi connectivity index (χ1v) is 10.1. The molecular formula is C21H27ClN2O3. The molecule has 27 heavy (non-hydrogen) atoms. The second-order valence-corrected chi connectivity index (χ2v) is 7.98. The number of halogens is 1. The maximum Gasteiger partial charge on any atom is 0.127 e. The van der Waals surface area contributed by atoms with Gasteiger partial charge < -0.3 is 14.3 Å². The van der Waals surface area contributed by atoms with Crippen LogP contribution in [-0.4, -0.2) is 59.3 Å². The molecule has 3 heterocycles. The van der Waals surface area contributed by atoms with Gasteiger partial charge >= 0.3 is 0 Å². The monoisotopic (exact) mass is 390 g/mol. The van der Waals surface area contributed by atoms with E-state index in [1.165, 1.54) is 0 Å². The average molecular weight is 391 g/mol. The van der Waals surface area contributed by atoms with E-state index in [1.807, 2.05) is 36.4 Å². The van der Waals surface area contributed by atoms with Crippen molar-refractivity contribution in [3.63, 3.8) is 0 Å². The molecule has 5 nitrogen and oxygen atoms in total. The number of rotatable bonds is 5. The van der Waals surface area contributed by atoms with E-state index in [2.05, 4.69) is 9.80 Å². The summed E-state index contributed by atoms with van der Waals surface area (Å²) in [5.41, 5.74) is 0. The maximum absolute atomic E-state index is 10.6. The highest BCUT2D eigenvalue weighted by atomic mass is 35.5. The van der Waals surface area contributed by atoms with Crippen molar-refractivity contribution >= 4 is 11.6 Å². The Hall–Kier alpha value is -1.53. The van der Waals surface area contributed by atoms with Crippen molar-refractivity contribution in [2.24, 2.45) is 0 Å². The van der Waals surface area contributed by atoms with Crippen molar-refractivity contribution < 1.29 is 14.3 Å². The Bertz CT molecular complexity index is 699. The number of benzene rings is 1. The number of furan rings is 1. The molecule has 0 bridgehead atoms. The van der Waals surface area contributed by atoms with Gasteiger partial charge in [-0.1, -0.05) is 11.6 Å². The summed E-state index contributed by atoms with van der Waals surface area (Å²) in [7, 11) is 0. The molecule has 1 N–H and O–H groups in total. The van der Waals surface area contributed by atoms with Crippen molar-refractivity contribution in [3.8, 4) is 5.75 Å². The summed E-state index contributed by atoms with van der Waals surface area (Å²) in [4.78, 5) is 4.89. The lowest BCUT2D eigenvalue weighted by molar-refractivity contribution is -0.0452. The van der Waals surface area contributed by atoms with Crippen LogP contribution < -0.4 is 4.74 Å². The zero-order valence-electron chi connectivity index (χ0n) is 15.5. The van der Waals surface area contributed by atoms with Gasteiger partial charge in [0.1, 0.15) is 23.7 Å². The Morgan fingerprint density at radius 3 is 2.52 bits per heavy atom. The normalized spacial score (nSPS) is 25.6. The zero-order chi connectivity index (χ0) is 18.6. The molecule has 146 valence electrons. The summed E-state index contributed by atoms with van der Waals surface area (Å²) >= 11 is 5.92. The molecule has 0 amide bonds. The smallest absolute Gasteiger partial charge is 0.127 e. The van der Waals surface area contributed by atoms with Crippen molar-refractivity contribution in [3.05, 3.63) is 53.4 Å². The van der Waals surface area contributed by atoms with Crippen molar-refractivity contribution in [2.45, 2.75) is 44.1 Å². The van der Waals surface area contributed by atoms with Crippen molar-refractivity contribution in [1.82, 2.24) is 9.80 Å². The first-order valence-electron chi connectivity index (χ1n) is 9.76. The van der Waals surface area contributed by atoms with Crippen LogP contribution in [0.5, 0.6) is 5.75 Å². The lowest BCUT2D eigenvalue weighted by Crippen LogP contribution is -2.54. The van der Waals surface area contributed by atoms with Crippen LogP contribution in [0.15, 0.2) is 47.1 Å². The molecule has 2 aliphatic rings. The molecule has 6 heteroatoms. The molecule has 1 aromatic carbocycles. The third-order valence-corrected chi connectivity index (χ3v) is 5.94. The van der Waals surface area contributed by atoms with Crippen LogP contribution >= 0.6 is 11.6 Å². The predicted molar refractivity (Wildman–Crippen MR) is 105 cm³/mol. The lowest BCUT2D eigenvalue weighted by atomic mass is 9.97. The second kappa shape index (κ2) is 8.65. The fourth-order valence-electron chi connectivity index (χ4n) is 4.16. The van der Waals surface area contributed by atoms with E-state index in [0.717, 1.165) is 57.0 Å². The van der Waals surface area contributed by atoms with E-state index >= 15 is 0 Å². The van der Waals surface area contributed by atoms with Crippen LogP contribution in [0.1, 0.15) is 25.0 Å². The van der Waals surface area contributed by atoms with Crippen LogP contribution in [0.2, 0.25) is 5.02 Å². The number of nitrogens with zero attached hydrogens (tertiary/aromatic N) is 2. The van der Waals surface area contributed by atoms with E-state index in [-0.39, 0.29) is 6.10 Å². The highest BCUT2D eigenvalue weighted by molar-refractivity contribution is 6.30. The fraction of sp³-hybridized carbons (Fsp3) is 0.524. The van der Waals surface area contributed by atoms with Gasteiger partial charge in [-0.3, -0.25) is 9.80 Å². The minimum atomic E-state index is -0.462. The van der Waals surface area contributed by atoms with Gasteiger partial charge in [-0.2, -0.15) is 0 Å². The third-order valence-electron chi connectivity index (χ3n) is 5.69. The summed E-state index contributed by atoms with van der Waals surface area (Å²) in [6.07, 6.45) is 4.24. The molecular weight excluding hydrogens is 364 g/mol. The Labute approximate surface area is 165 Å². The number of aliphatic hydroxyl groups excluding tert-OH is 1. The number of β-amino-alcohol motifs (C(OH)–C–C–N with tert-alkyl or cyclic N) is 1. The van der Waals surface area contributed by atoms with Gasteiger partial charge in [0.05, 0.1) is 12.8 Å². The zero-order valence-corrected chi connectivity index (χ0v) is 16.2. The Morgan fingerprint density at radius 2 is 1.85 bits per heavy atom. The Balaban J connectivity index is 1.24. The minimum absolute atomic E-state index is 0.151. The molecule has 2 aliphatic heterocycles. The molecule has 1 aromatic heterocycles. The summed E-state index contributed by atoms with van der Waals surface area (Å²) in [5, 5.41) is 11.3. The first-order chi connectivity index (χ1) is 13.2. The van der Waals surface area contributed by atoms with Gasteiger partial charge in [-0.15, -0.1) is 0 Å². The van der Waals surface area contributed by atoms with E-state index in [1.54, 1.807) is 6.26 Å². The quantitative estimate of drug-likeness (QED) is 0.847. The van der Waals surface area contributed by atoms with Crippen LogP contribution in [0, 0.1) is 0 Å². The van der Waals surface area contributed by atoms with Gasteiger partial charge in [0.25, 0.3) is 0 Å². The predicted octanol–water partition coefficient (Wildman–Crippen LogP) is 3.41. The Morgan fingerprint density at radius 1 is 1.07 bits per heavy atom. The molecule has 2 saturated heterocycles. The van der Waals surface area contributed by atoms with Crippen LogP contribution in [0.3, 0.4) is 0 Å². The number of ether oxygens (including phenoxy) is 1. The first kappa shape index (κ1) is 18.8. The SMILES string of the molecule is O[C@@H]1CN(C2CCN(Cc3ccco3)CC2)CC[C@H]1Oc1ccc(Cl)cc1.